The normalized spacial score (nSPS) is 11.5. The van der Waals surface area contributed by atoms with Crippen LogP contribution >= 0.6 is 23.5 Å². The molecule has 168 valence electrons. The van der Waals surface area contributed by atoms with Crippen molar-refractivity contribution < 1.29 is 0 Å². The Bertz CT molecular complexity index is 1440. The number of benzene rings is 3. The van der Waals surface area contributed by atoms with Gasteiger partial charge in [-0.3, -0.25) is 0 Å². The zero-order chi connectivity index (χ0) is 23.3. The summed E-state index contributed by atoms with van der Waals surface area (Å²) >= 11 is 2.75. The van der Waals surface area contributed by atoms with E-state index in [4.69, 9.17) is 4.98 Å². The molecular weight excluding hydrogens is 519 g/mol. The van der Waals surface area contributed by atoms with E-state index in [1.807, 2.05) is 24.0 Å². The number of fused-ring (bicyclic) bond motifs is 1. The molecule has 0 saturated carbocycles. The first kappa shape index (κ1) is 23.1. The van der Waals surface area contributed by atoms with Gasteiger partial charge in [-0.1, -0.05) is 0 Å². The monoisotopic (exact) mass is 542 g/mol. The van der Waals surface area contributed by atoms with Gasteiger partial charge in [-0.25, -0.2) is 0 Å². The van der Waals surface area contributed by atoms with Gasteiger partial charge in [0.25, 0.3) is 0 Å². The molecule has 7 heteroatoms. The van der Waals surface area contributed by atoms with Crippen molar-refractivity contribution in [1.82, 2.24) is 19.9 Å². The van der Waals surface area contributed by atoms with Crippen LogP contribution in [0.5, 0.6) is 0 Å². The number of nitrogens with zero attached hydrogens (tertiary/aromatic N) is 4. The van der Waals surface area contributed by atoms with Gasteiger partial charge < -0.3 is 0 Å². The fraction of sp³-hybridized carbons (Fsp3) is 0.111. The van der Waals surface area contributed by atoms with Crippen LogP contribution < -0.4 is 8.83 Å². The van der Waals surface area contributed by atoms with E-state index in [2.05, 4.69) is 95.5 Å². The summed E-state index contributed by atoms with van der Waals surface area (Å²) in [7, 11) is 0. The van der Waals surface area contributed by atoms with Crippen LogP contribution in [0.1, 0.15) is 16.7 Å². The maximum atomic E-state index is 4.73. The SMILES string of the molecule is Cc1cccc(Sc2ccc(C)cc2[AsH]c2ncnc3nc(SCc4ccccc4)ncc23)c1. The van der Waals surface area contributed by atoms with Crippen LogP contribution in [0.2, 0.25) is 0 Å². The molecule has 3 aromatic carbocycles. The zero-order valence-corrected chi connectivity index (χ0v) is 22.6. The second-order valence-electron chi connectivity index (χ2n) is 7.93. The van der Waals surface area contributed by atoms with Gasteiger partial charge in [0.1, 0.15) is 0 Å². The van der Waals surface area contributed by atoms with Crippen molar-refractivity contribution in [2.24, 2.45) is 0 Å². The molecule has 0 saturated heterocycles. The van der Waals surface area contributed by atoms with Crippen molar-refractivity contribution in [3.8, 4) is 0 Å². The van der Waals surface area contributed by atoms with Crippen LogP contribution in [-0.4, -0.2) is 35.7 Å². The van der Waals surface area contributed by atoms with E-state index < -0.39 is 15.8 Å². The van der Waals surface area contributed by atoms with Gasteiger partial charge >= 0.3 is 216 Å². The van der Waals surface area contributed by atoms with Crippen molar-refractivity contribution in [1.29, 1.82) is 0 Å². The predicted molar refractivity (Wildman–Crippen MR) is 144 cm³/mol. The number of aryl methyl sites for hydroxylation is 2. The number of hydrogen-bond donors (Lipinski definition) is 0. The molecule has 0 amide bonds. The molecule has 5 aromatic rings. The molecule has 0 fully saturated rings. The van der Waals surface area contributed by atoms with Crippen LogP contribution in [-0.2, 0) is 5.75 Å². The number of hydrogen-bond acceptors (Lipinski definition) is 6. The van der Waals surface area contributed by atoms with E-state index in [0.29, 0.717) is 0 Å². The molecular formula is C27H23AsN4S2. The van der Waals surface area contributed by atoms with Crippen molar-refractivity contribution >= 4 is 59.1 Å². The molecule has 2 heterocycles. The summed E-state index contributed by atoms with van der Waals surface area (Å²) in [5.41, 5.74) is 4.51. The van der Waals surface area contributed by atoms with Crippen LogP contribution in [0.15, 0.2) is 100 Å². The summed E-state index contributed by atoms with van der Waals surface area (Å²) in [4.78, 5) is 21.0. The molecule has 0 radical (unpaired) electrons. The van der Waals surface area contributed by atoms with Gasteiger partial charge in [0.15, 0.2) is 0 Å². The van der Waals surface area contributed by atoms with Crippen LogP contribution in [0.4, 0.5) is 0 Å². The van der Waals surface area contributed by atoms with E-state index >= 15 is 0 Å². The molecule has 1 atom stereocenters. The third-order valence-electron chi connectivity index (χ3n) is 5.18. The van der Waals surface area contributed by atoms with Crippen LogP contribution in [0.3, 0.4) is 0 Å². The topological polar surface area (TPSA) is 51.6 Å². The molecule has 34 heavy (non-hydrogen) atoms. The summed E-state index contributed by atoms with van der Waals surface area (Å²) in [6.07, 6.45) is 3.54. The Balaban J connectivity index is 1.41. The Morgan fingerprint density at radius 3 is 2.53 bits per heavy atom. The summed E-state index contributed by atoms with van der Waals surface area (Å²) in [6, 6.07) is 25.7. The van der Waals surface area contributed by atoms with E-state index in [0.717, 1.165) is 26.4 Å². The maximum absolute atomic E-state index is 4.73. The number of thioether (sulfide) groups is 1. The molecule has 1 unspecified atom stereocenters. The average Bonchev–Trinajstić information content (AvgIpc) is 2.85. The van der Waals surface area contributed by atoms with E-state index in [1.54, 1.807) is 18.1 Å². The van der Waals surface area contributed by atoms with Crippen LogP contribution in [0.25, 0.3) is 11.0 Å². The van der Waals surface area contributed by atoms with Crippen molar-refractivity contribution in [3.63, 3.8) is 0 Å². The van der Waals surface area contributed by atoms with Crippen molar-refractivity contribution in [2.75, 3.05) is 0 Å². The van der Waals surface area contributed by atoms with Gasteiger partial charge in [-0.15, -0.1) is 0 Å². The quantitative estimate of drug-likeness (QED) is 0.166. The van der Waals surface area contributed by atoms with Gasteiger partial charge in [-0.2, -0.15) is 0 Å². The van der Waals surface area contributed by atoms with Gasteiger partial charge in [0, 0.05) is 0 Å². The zero-order valence-electron chi connectivity index (χ0n) is 18.9. The second-order valence-corrected chi connectivity index (χ2v) is 12.6. The van der Waals surface area contributed by atoms with Crippen molar-refractivity contribution in [2.45, 2.75) is 34.5 Å². The molecule has 0 spiro atoms. The first-order valence-electron chi connectivity index (χ1n) is 10.9. The molecule has 0 aliphatic heterocycles. The Morgan fingerprint density at radius 1 is 0.824 bits per heavy atom. The predicted octanol–water partition coefficient (Wildman–Crippen LogP) is 4.87. The molecule has 0 aliphatic rings. The Labute approximate surface area is 214 Å². The van der Waals surface area contributed by atoms with Crippen molar-refractivity contribution in [3.05, 3.63) is 102 Å². The Morgan fingerprint density at radius 2 is 1.68 bits per heavy atom. The third-order valence-corrected chi connectivity index (χ3v) is 10.3. The fourth-order valence-electron chi connectivity index (χ4n) is 3.49. The number of aromatic nitrogens is 4. The van der Waals surface area contributed by atoms with Crippen LogP contribution in [0, 0.1) is 13.8 Å². The Hall–Kier alpha value is -2.66. The Kier molecular flexibility index (Phi) is 7.29. The summed E-state index contributed by atoms with van der Waals surface area (Å²) in [5.74, 6) is 0.834. The summed E-state index contributed by atoms with van der Waals surface area (Å²) in [5, 5.41) is 1.70. The average molecular weight is 543 g/mol. The summed E-state index contributed by atoms with van der Waals surface area (Å²) in [6.45, 7) is 4.28. The molecule has 0 aliphatic carbocycles. The van der Waals surface area contributed by atoms with E-state index in [9.17, 15) is 0 Å². The first-order valence-corrected chi connectivity index (χ1v) is 14.8. The fourth-order valence-corrected chi connectivity index (χ4v) is 8.30. The first-order chi connectivity index (χ1) is 16.6. The van der Waals surface area contributed by atoms with Gasteiger partial charge in [-0.05, 0) is 0 Å². The molecule has 4 nitrogen and oxygen atoms in total. The summed E-state index contributed by atoms with van der Waals surface area (Å²) < 4.78 is 2.44. The third kappa shape index (κ3) is 5.69. The molecule has 0 bridgehead atoms. The van der Waals surface area contributed by atoms with E-state index in [-0.39, 0.29) is 0 Å². The molecule has 0 N–H and O–H groups in total. The number of rotatable bonds is 7. The minimum atomic E-state index is -0.700. The van der Waals surface area contributed by atoms with E-state index in [1.165, 1.54) is 30.8 Å². The van der Waals surface area contributed by atoms with Gasteiger partial charge in [0.05, 0.1) is 0 Å². The minimum absolute atomic E-state index is 0.700. The van der Waals surface area contributed by atoms with Gasteiger partial charge in [0.2, 0.25) is 0 Å². The molecule has 2 aromatic heterocycles. The standard InChI is InChI=1S/C27H23AsN4S2/c1-18-7-6-10-21(13-18)34-24-12-11-19(2)14-23(24)28-25-22-15-29-27(32-26(22)31-17-30-25)33-16-20-8-4-3-5-9-20/h3-15,17,28H,16H2,1-2H3. The molecule has 5 rings (SSSR count). The second kappa shape index (κ2) is 10.7.